The van der Waals surface area contributed by atoms with Crippen LogP contribution in [0.1, 0.15) is 34.1 Å². The molecule has 118 valence electrons. The van der Waals surface area contributed by atoms with Crippen LogP contribution in [0.25, 0.3) is 0 Å². The molecule has 0 aliphatic rings. The molecular weight excluding hydrogens is 274 g/mol. The number of hydrogen-bond acceptors (Lipinski definition) is 7. The van der Waals surface area contributed by atoms with Crippen molar-refractivity contribution in [1.29, 1.82) is 0 Å². The van der Waals surface area contributed by atoms with E-state index in [1.54, 1.807) is 0 Å². The Labute approximate surface area is 124 Å². The van der Waals surface area contributed by atoms with Crippen LogP contribution in [-0.2, 0) is 4.74 Å². The maximum absolute atomic E-state index is 11.3. The Hall–Kier alpha value is -1.96. The van der Waals surface area contributed by atoms with Crippen molar-refractivity contribution < 1.29 is 9.66 Å². The average molecular weight is 297 g/mol. The van der Waals surface area contributed by atoms with Crippen molar-refractivity contribution in [3.05, 3.63) is 16.4 Å². The lowest BCUT2D eigenvalue weighted by Gasteiger charge is -2.25. The summed E-state index contributed by atoms with van der Waals surface area (Å²) in [5, 5.41) is 17.2. The minimum absolute atomic E-state index is 0.141. The van der Waals surface area contributed by atoms with E-state index >= 15 is 0 Å². The summed E-state index contributed by atoms with van der Waals surface area (Å²) in [7, 11) is 0. The van der Waals surface area contributed by atoms with Crippen LogP contribution < -0.4 is 10.6 Å². The van der Waals surface area contributed by atoms with Gasteiger partial charge >= 0.3 is 5.69 Å². The largest absolute Gasteiger partial charge is 0.374 e. The summed E-state index contributed by atoms with van der Waals surface area (Å²) in [6, 6.07) is 0. The summed E-state index contributed by atoms with van der Waals surface area (Å²) < 4.78 is 5.56. The van der Waals surface area contributed by atoms with Gasteiger partial charge in [-0.1, -0.05) is 6.92 Å². The van der Waals surface area contributed by atoms with Crippen LogP contribution in [0.3, 0.4) is 0 Å². The first-order valence-electron chi connectivity index (χ1n) is 7.02. The fourth-order valence-electron chi connectivity index (χ4n) is 1.79. The normalized spacial score (nSPS) is 11.2. The average Bonchev–Trinajstić information content (AvgIpc) is 2.42. The highest BCUT2D eigenvalue weighted by atomic mass is 16.6. The zero-order chi connectivity index (χ0) is 15.9. The first-order valence-corrected chi connectivity index (χ1v) is 7.02. The number of aromatic nitrogens is 2. The predicted octanol–water partition coefficient (Wildman–Crippen LogP) is 2.43. The van der Waals surface area contributed by atoms with Gasteiger partial charge in [-0.15, -0.1) is 0 Å². The first kappa shape index (κ1) is 17.1. The zero-order valence-corrected chi connectivity index (χ0v) is 13.0. The van der Waals surface area contributed by atoms with Crippen molar-refractivity contribution in [2.24, 2.45) is 0 Å². The molecule has 1 heterocycles. The Morgan fingerprint density at radius 3 is 2.43 bits per heavy atom. The number of rotatable bonds is 9. The minimum Gasteiger partial charge on any atom is -0.374 e. The maximum Gasteiger partial charge on any atom is 0.353 e. The van der Waals surface area contributed by atoms with E-state index in [0.717, 1.165) is 6.42 Å². The lowest BCUT2D eigenvalue weighted by Crippen LogP contribution is -2.33. The van der Waals surface area contributed by atoms with Gasteiger partial charge in [0.05, 0.1) is 10.5 Å². The van der Waals surface area contributed by atoms with E-state index in [9.17, 15) is 10.1 Å². The molecule has 1 aromatic rings. The second-order valence-electron chi connectivity index (χ2n) is 5.15. The first-order chi connectivity index (χ1) is 9.91. The summed E-state index contributed by atoms with van der Waals surface area (Å²) in [5.74, 6) is 0.426. The topological polar surface area (TPSA) is 102 Å². The molecule has 0 saturated carbocycles. The molecule has 0 radical (unpaired) electrons. The van der Waals surface area contributed by atoms with E-state index in [2.05, 4.69) is 20.6 Å². The predicted molar refractivity (Wildman–Crippen MR) is 81.7 cm³/mol. The summed E-state index contributed by atoms with van der Waals surface area (Å²) in [5.41, 5.74) is -0.580. The van der Waals surface area contributed by atoms with Crippen molar-refractivity contribution in [2.45, 2.75) is 39.7 Å². The summed E-state index contributed by atoms with van der Waals surface area (Å²) in [6.45, 7) is 9.29. The summed E-state index contributed by atoms with van der Waals surface area (Å²) >= 11 is 0. The molecule has 8 nitrogen and oxygen atoms in total. The van der Waals surface area contributed by atoms with Gasteiger partial charge in [0.1, 0.15) is 6.33 Å². The third-order valence-corrected chi connectivity index (χ3v) is 2.76. The van der Waals surface area contributed by atoms with Crippen LogP contribution in [0.5, 0.6) is 0 Å². The van der Waals surface area contributed by atoms with Crippen LogP contribution in [0, 0.1) is 10.1 Å². The molecule has 8 heteroatoms. The number of anilines is 2. The van der Waals surface area contributed by atoms with Crippen LogP contribution in [0.2, 0.25) is 0 Å². The second kappa shape index (κ2) is 7.72. The van der Waals surface area contributed by atoms with Gasteiger partial charge in [-0.25, -0.2) is 9.97 Å². The Bertz CT molecular complexity index is 479. The summed E-state index contributed by atoms with van der Waals surface area (Å²) in [4.78, 5) is 18.7. The van der Waals surface area contributed by atoms with Gasteiger partial charge in [-0.05, 0) is 27.2 Å². The molecule has 2 N–H and O–H groups in total. The van der Waals surface area contributed by atoms with Gasteiger partial charge in [0.15, 0.2) is 0 Å². The SMILES string of the molecule is CCCNc1ncnc(NCC(C)(C)OCC)c1[N+](=O)[O-]. The lowest BCUT2D eigenvalue weighted by atomic mass is 10.1. The second-order valence-corrected chi connectivity index (χ2v) is 5.15. The van der Waals surface area contributed by atoms with Crippen LogP contribution in [0.15, 0.2) is 6.33 Å². The number of ether oxygens (including phenoxy) is 1. The van der Waals surface area contributed by atoms with Gasteiger partial charge < -0.3 is 15.4 Å². The standard InChI is InChI=1S/C13H23N5O3/c1-5-7-14-11-10(18(19)20)12(17-9-16-11)15-8-13(3,4)21-6-2/h9H,5-8H2,1-4H3,(H2,14,15,16,17). The van der Waals surface area contributed by atoms with Crippen LogP contribution in [0.4, 0.5) is 17.3 Å². The van der Waals surface area contributed by atoms with E-state index in [1.807, 2.05) is 27.7 Å². The molecule has 0 spiro atoms. The van der Waals surface area contributed by atoms with Crippen molar-refractivity contribution >= 4 is 17.3 Å². The minimum atomic E-state index is -0.478. The van der Waals surface area contributed by atoms with Gasteiger partial charge in [-0.3, -0.25) is 10.1 Å². The highest BCUT2D eigenvalue weighted by molar-refractivity contribution is 5.69. The van der Waals surface area contributed by atoms with Crippen molar-refractivity contribution in [1.82, 2.24) is 9.97 Å². The Morgan fingerprint density at radius 2 is 1.90 bits per heavy atom. The van der Waals surface area contributed by atoms with Crippen molar-refractivity contribution in [3.8, 4) is 0 Å². The van der Waals surface area contributed by atoms with Gasteiger partial charge in [0.25, 0.3) is 0 Å². The van der Waals surface area contributed by atoms with Gasteiger partial charge in [0.2, 0.25) is 11.6 Å². The Balaban J connectivity index is 2.93. The van der Waals surface area contributed by atoms with E-state index in [0.29, 0.717) is 19.7 Å². The van der Waals surface area contributed by atoms with E-state index in [1.165, 1.54) is 6.33 Å². The molecule has 0 bridgehead atoms. The third kappa shape index (κ3) is 5.14. The number of nitrogens with one attached hydrogen (secondary N) is 2. The fourth-order valence-corrected chi connectivity index (χ4v) is 1.79. The Morgan fingerprint density at radius 1 is 1.29 bits per heavy atom. The highest BCUT2D eigenvalue weighted by Crippen LogP contribution is 2.29. The highest BCUT2D eigenvalue weighted by Gasteiger charge is 2.25. The zero-order valence-electron chi connectivity index (χ0n) is 13.0. The third-order valence-electron chi connectivity index (χ3n) is 2.76. The molecule has 0 aliphatic heterocycles. The molecule has 0 aromatic carbocycles. The quantitative estimate of drug-likeness (QED) is 0.533. The molecule has 0 aliphatic carbocycles. The molecular formula is C13H23N5O3. The molecule has 1 aromatic heterocycles. The fraction of sp³-hybridized carbons (Fsp3) is 0.692. The molecule has 0 unspecified atom stereocenters. The van der Waals surface area contributed by atoms with Crippen molar-refractivity contribution in [2.75, 3.05) is 30.3 Å². The van der Waals surface area contributed by atoms with Crippen LogP contribution >= 0.6 is 0 Å². The van der Waals surface area contributed by atoms with Gasteiger partial charge in [0, 0.05) is 19.7 Å². The monoisotopic (exact) mass is 297 g/mol. The molecule has 0 saturated heterocycles. The van der Waals surface area contributed by atoms with E-state index in [4.69, 9.17) is 4.74 Å². The molecule has 21 heavy (non-hydrogen) atoms. The smallest absolute Gasteiger partial charge is 0.353 e. The van der Waals surface area contributed by atoms with E-state index in [-0.39, 0.29) is 17.3 Å². The molecule has 0 fully saturated rings. The summed E-state index contributed by atoms with van der Waals surface area (Å²) in [6.07, 6.45) is 2.16. The van der Waals surface area contributed by atoms with Gasteiger partial charge in [-0.2, -0.15) is 0 Å². The van der Waals surface area contributed by atoms with Crippen molar-refractivity contribution in [3.63, 3.8) is 0 Å². The molecule has 0 atom stereocenters. The number of hydrogen-bond donors (Lipinski definition) is 2. The molecule has 1 rings (SSSR count). The van der Waals surface area contributed by atoms with Crippen LogP contribution in [-0.4, -0.2) is 40.2 Å². The number of nitrogens with zero attached hydrogens (tertiary/aromatic N) is 3. The maximum atomic E-state index is 11.3. The van der Waals surface area contributed by atoms with E-state index < -0.39 is 10.5 Å². The molecule has 0 amide bonds. The number of nitro groups is 1. The Kier molecular flexibility index (Phi) is 6.29. The lowest BCUT2D eigenvalue weighted by molar-refractivity contribution is -0.383.